The molecular weight excluding hydrogens is 564 g/mol. The zero-order chi connectivity index (χ0) is 26.7. The lowest BCUT2D eigenvalue weighted by atomic mass is 10.2. The lowest BCUT2D eigenvalue weighted by Crippen LogP contribution is -2.35. The van der Waals surface area contributed by atoms with Gasteiger partial charge in [-0.15, -0.1) is 10.2 Å². The molecule has 4 rings (SSSR count). The molecule has 0 radical (unpaired) electrons. The van der Waals surface area contributed by atoms with Gasteiger partial charge in [-0.1, -0.05) is 33.6 Å². The minimum Gasteiger partial charge on any atom is -0.493 e. The molecule has 10 nitrogen and oxygen atoms in total. The molecule has 0 saturated carbocycles. The summed E-state index contributed by atoms with van der Waals surface area (Å²) in [5, 5.41) is 18.4. The summed E-state index contributed by atoms with van der Waals surface area (Å²) in [4.78, 5) is 15.5. The number of carbonyl (C=O) groups is 1. The number of benzene rings is 3. The summed E-state index contributed by atoms with van der Waals surface area (Å²) in [5.41, 5.74) is 1.84. The van der Waals surface area contributed by atoms with Gasteiger partial charge in [0, 0.05) is 15.9 Å². The van der Waals surface area contributed by atoms with E-state index in [2.05, 4.69) is 31.1 Å². The second-order valence-electron chi connectivity index (χ2n) is 7.97. The Morgan fingerprint density at radius 1 is 1.03 bits per heavy atom. The first-order chi connectivity index (χ1) is 17.6. The Bertz CT molecular complexity index is 1600. The predicted octanol–water partition coefficient (Wildman–Crippen LogP) is 5.47. The van der Waals surface area contributed by atoms with E-state index in [0.717, 1.165) is 14.3 Å². The Hall–Kier alpha value is -3.90. The summed E-state index contributed by atoms with van der Waals surface area (Å²) in [6.07, 6.45) is 0. The molecule has 1 amide bonds. The number of sulfonamides is 1. The molecule has 0 aliphatic rings. The van der Waals surface area contributed by atoms with Crippen LogP contribution in [0.3, 0.4) is 0 Å². The van der Waals surface area contributed by atoms with Gasteiger partial charge in [-0.05, 0) is 49.4 Å². The van der Waals surface area contributed by atoms with E-state index in [4.69, 9.17) is 9.47 Å². The maximum atomic E-state index is 13.7. The molecule has 3 aromatic carbocycles. The van der Waals surface area contributed by atoms with E-state index in [1.54, 1.807) is 42.5 Å². The van der Waals surface area contributed by atoms with Crippen molar-refractivity contribution in [2.24, 2.45) is 10.2 Å². The number of nitrogens with one attached hydrogen (secondary N) is 1. The first kappa shape index (κ1) is 26.2. The maximum Gasteiger partial charge on any atom is 0.285 e. The molecule has 0 saturated heterocycles. The number of hydrogen-bond donors (Lipinski definition) is 2. The molecule has 37 heavy (non-hydrogen) atoms. The first-order valence-corrected chi connectivity index (χ1v) is 13.1. The van der Waals surface area contributed by atoms with Crippen LogP contribution in [0.15, 0.2) is 80.3 Å². The van der Waals surface area contributed by atoms with Crippen LogP contribution in [0.2, 0.25) is 0 Å². The first-order valence-electron chi connectivity index (χ1n) is 10.9. The van der Waals surface area contributed by atoms with Crippen molar-refractivity contribution >= 4 is 54.1 Å². The molecule has 0 atom stereocenters. The molecule has 1 aromatic heterocycles. The summed E-state index contributed by atoms with van der Waals surface area (Å²) < 4.78 is 39.5. The highest BCUT2D eigenvalue weighted by Crippen LogP contribution is 2.37. The SMILES string of the molecule is COc1ccc(S(=O)(=O)N(CC(=O)N=Nc2c(O)[nH]c3ccc(Br)cc23)c2ccc(C)cc2)cc1OC. The van der Waals surface area contributed by atoms with Crippen molar-refractivity contribution in [2.75, 3.05) is 25.1 Å². The van der Waals surface area contributed by atoms with Crippen LogP contribution in [-0.4, -0.2) is 45.2 Å². The number of methoxy groups -OCH3 is 2. The highest BCUT2D eigenvalue weighted by molar-refractivity contribution is 9.10. The Kier molecular flexibility index (Phi) is 7.50. The van der Waals surface area contributed by atoms with Crippen molar-refractivity contribution in [3.8, 4) is 17.4 Å². The average Bonchev–Trinajstić information content (AvgIpc) is 3.20. The number of fused-ring (bicyclic) bond motifs is 1. The van der Waals surface area contributed by atoms with Gasteiger partial charge in [-0.3, -0.25) is 9.10 Å². The van der Waals surface area contributed by atoms with E-state index < -0.39 is 22.5 Å². The molecular formula is C25H23BrN4O6S. The lowest BCUT2D eigenvalue weighted by molar-refractivity contribution is -0.116. The zero-order valence-corrected chi connectivity index (χ0v) is 22.5. The third kappa shape index (κ3) is 5.44. The zero-order valence-electron chi connectivity index (χ0n) is 20.1. The quantitative estimate of drug-likeness (QED) is 0.263. The van der Waals surface area contributed by atoms with Gasteiger partial charge >= 0.3 is 0 Å². The van der Waals surface area contributed by atoms with Crippen molar-refractivity contribution in [1.82, 2.24) is 4.98 Å². The van der Waals surface area contributed by atoms with E-state index in [0.29, 0.717) is 16.7 Å². The molecule has 1 heterocycles. The van der Waals surface area contributed by atoms with Crippen LogP contribution < -0.4 is 13.8 Å². The van der Waals surface area contributed by atoms with Crippen molar-refractivity contribution < 1.29 is 27.8 Å². The molecule has 0 fully saturated rings. The molecule has 4 aromatic rings. The number of aromatic hydroxyl groups is 1. The largest absolute Gasteiger partial charge is 0.493 e. The van der Waals surface area contributed by atoms with Gasteiger partial charge in [0.05, 0.1) is 30.3 Å². The Balaban J connectivity index is 1.70. The third-order valence-corrected chi connectivity index (χ3v) is 7.78. The van der Waals surface area contributed by atoms with E-state index in [1.807, 2.05) is 6.92 Å². The molecule has 192 valence electrons. The van der Waals surface area contributed by atoms with Crippen molar-refractivity contribution in [1.29, 1.82) is 0 Å². The van der Waals surface area contributed by atoms with Crippen LogP contribution in [-0.2, 0) is 14.8 Å². The number of nitrogens with zero attached hydrogens (tertiary/aromatic N) is 3. The van der Waals surface area contributed by atoms with Crippen LogP contribution in [0.5, 0.6) is 17.4 Å². The number of amides is 1. The van der Waals surface area contributed by atoms with Crippen molar-refractivity contribution in [2.45, 2.75) is 11.8 Å². The maximum absolute atomic E-state index is 13.7. The molecule has 0 aliphatic carbocycles. The molecule has 0 bridgehead atoms. The molecule has 2 N–H and O–H groups in total. The van der Waals surface area contributed by atoms with E-state index >= 15 is 0 Å². The minimum absolute atomic E-state index is 0.0642. The summed E-state index contributed by atoms with van der Waals surface area (Å²) in [6.45, 7) is 1.23. The molecule has 12 heteroatoms. The summed E-state index contributed by atoms with van der Waals surface area (Å²) in [5.74, 6) is -0.524. The highest BCUT2D eigenvalue weighted by Gasteiger charge is 2.28. The average molecular weight is 587 g/mol. The summed E-state index contributed by atoms with van der Waals surface area (Å²) in [6, 6.07) is 16.1. The van der Waals surface area contributed by atoms with Gasteiger partial charge < -0.3 is 19.6 Å². The van der Waals surface area contributed by atoms with Gasteiger partial charge in [-0.2, -0.15) is 0 Å². The topological polar surface area (TPSA) is 134 Å². The second-order valence-corrected chi connectivity index (χ2v) is 10.7. The van der Waals surface area contributed by atoms with E-state index in [-0.39, 0.29) is 27.9 Å². The number of rotatable bonds is 8. The Labute approximate surface area is 221 Å². The van der Waals surface area contributed by atoms with E-state index in [9.17, 15) is 18.3 Å². The number of aromatic amines is 1. The predicted molar refractivity (Wildman–Crippen MR) is 142 cm³/mol. The number of H-pyrrole nitrogens is 1. The van der Waals surface area contributed by atoms with Gasteiger partial charge in [0.2, 0.25) is 5.88 Å². The summed E-state index contributed by atoms with van der Waals surface area (Å²) >= 11 is 3.36. The second kappa shape index (κ2) is 10.6. The fourth-order valence-electron chi connectivity index (χ4n) is 3.63. The van der Waals surface area contributed by atoms with Crippen molar-refractivity contribution in [3.63, 3.8) is 0 Å². The Morgan fingerprint density at radius 2 is 1.73 bits per heavy atom. The van der Waals surface area contributed by atoms with Crippen molar-refractivity contribution in [3.05, 3.63) is 70.7 Å². The number of hydrogen-bond acceptors (Lipinski definition) is 7. The van der Waals surface area contributed by atoms with Gasteiger partial charge in [0.1, 0.15) is 6.54 Å². The molecule has 0 unspecified atom stereocenters. The number of aryl methyl sites for hydroxylation is 1. The fraction of sp³-hybridized carbons (Fsp3) is 0.160. The summed E-state index contributed by atoms with van der Waals surface area (Å²) in [7, 11) is -1.39. The number of anilines is 1. The highest BCUT2D eigenvalue weighted by atomic mass is 79.9. The van der Waals surface area contributed by atoms with Gasteiger partial charge in [-0.25, -0.2) is 8.42 Å². The number of halogens is 1. The Morgan fingerprint density at radius 3 is 2.41 bits per heavy atom. The fourth-order valence-corrected chi connectivity index (χ4v) is 5.42. The number of ether oxygens (including phenoxy) is 2. The van der Waals surface area contributed by atoms with Crippen LogP contribution in [0.1, 0.15) is 5.56 Å². The van der Waals surface area contributed by atoms with Crippen LogP contribution in [0.4, 0.5) is 11.4 Å². The monoisotopic (exact) mass is 586 g/mol. The smallest absolute Gasteiger partial charge is 0.285 e. The lowest BCUT2D eigenvalue weighted by Gasteiger charge is -2.23. The minimum atomic E-state index is -4.23. The number of aromatic nitrogens is 1. The molecule has 0 spiro atoms. The number of azo groups is 1. The number of carbonyl (C=O) groups excluding carboxylic acids is 1. The normalized spacial score (nSPS) is 11.7. The van der Waals surface area contributed by atoms with Crippen LogP contribution in [0.25, 0.3) is 10.9 Å². The van der Waals surface area contributed by atoms with E-state index in [1.165, 1.54) is 32.4 Å². The van der Waals surface area contributed by atoms with Gasteiger partial charge in [0.15, 0.2) is 17.2 Å². The van der Waals surface area contributed by atoms with Gasteiger partial charge in [0.25, 0.3) is 15.9 Å². The third-order valence-electron chi connectivity index (χ3n) is 5.52. The molecule has 0 aliphatic heterocycles. The van der Waals surface area contributed by atoms with Crippen LogP contribution >= 0.6 is 15.9 Å². The van der Waals surface area contributed by atoms with Crippen LogP contribution in [0, 0.1) is 6.92 Å². The standard InChI is InChI=1S/C25H23BrN4O6S/c1-15-4-7-17(8-5-15)30(37(33,34)18-9-11-21(35-2)22(13-18)36-3)14-23(31)28-29-24-19-12-16(26)6-10-20(19)27-25(24)32/h4-13,27,32H,14H2,1-3H3.